The second-order valence-corrected chi connectivity index (χ2v) is 6.46. The Balaban J connectivity index is 2.23. The number of hydrogen-bond donors (Lipinski definition) is 1. The predicted molar refractivity (Wildman–Crippen MR) is 88.2 cm³/mol. The first-order valence-corrected chi connectivity index (χ1v) is 7.94. The second kappa shape index (κ2) is 6.76. The molecule has 1 atom stereocenters. The molecule has 0 spiro atoms. The first-order chi connectivity index (χ1) is 10.0. The molecule has 21 heavy (non-hydrogen) atoms. The molecule has 4 heteroatoms. The molecule has 1 N–H and O–H groups in total. The van der Waals surface area contributed by atoms with Gasteiger partial charge in [-0.25, -0.2) is 4.79 Å². The third kappa shape index (κ3) is 3.64. The van der Waals surface area contributed by atoms with Crippen LogP contribution in [0.25, 0.3) is 0 Å². The predicted octanol–water partition coefficient (Wildman–Crippen LogP) is 4.71. The second-order valence-electron chi connectivity index (χ2n) is 5.00. The molecule has 0 radical (unpaired) electrons. The summed E-state index contributed by atoms with van der Waals surface area (Å²) in [7, 11) is 0. The molecule has 0 aliphatic carbocycles. The molecule has 2 aromatic rings. The zero-order valence-electron chi connectivity index (χ0n) is 12.9. The Bertz CT molecular complexity index is 633. The van der Waals surface area contributed by atoms with Gasteiger partial charge in [0.2, 0.25) is 0 Å². The van der Waals surface area contributed by atoms with Crippen molar-refractivity contribution in [2.75, 3.05) is 11.9 Å². The normalized spacial score (nSPS) is 12.0. The summed E-state index contributed by atoms with van der Waals surface area (Å²) in [6.45, 7) is 8.54. The van der Waals surface area contributed by atoms with Crippen LogP contribution in [-0.4, -0.2) is 12.6 Å². The molecular formula is C17H21NO2S. The number of rotatable bonds is 5. The first kappa shape index (κ1) is 15.6. The molecule has 2 rings (SSSR count). The summed E-state index contributed by atoms with van der Waals surface area (Å²) in [6.07, 6.45) is 0. The molecule has 0 fully saturated rings. The van der Waals surface area contributed by atoms with Gasteiger partial charge in [-0.2, -0.15) is 0 Å². The van der Waals surface area contributed by atoms with E-state index in [9.17, 15) is 4.79 Å². The summed E-state index contributed by atoms with van der Waals surface area (Å²) >= 11 is 1.80. The van der Waals surface area contributed by atoms with E-state index in [4.69, 9.17) is 4.74 Å². The number of esters is 1. The average molecular weight is 303 g/mol. The van der Waals surface area contributed by atoms with Gasteiger partial charge in [-0.1, -0.05) is 12.1 Å². The topological polar surface area (TPSA) is 38.3 Å². The van der Waals surface area contributed by atoms with Crippen molar-refractivity contribution in [3.63, 3.8) is 0 Å². The molecule has 0 aliphatic rings. The third-order valence-electron chi connectivity index (χ3n) is 3.34. The molecule has 0 aliphatic heterocycles. The third-order valence-corrected chi connectivity index (χ3v) is 4.32. The Morgan fingerprint density at radius 3 is 2.67 bits per heavy atom. The Hall–Kier alpha value is -1.81. The highest BCUT2D eigenvalue weighted by Crippen LogP contribution is 2.29. The van der Waals surface area contributed by atoms with E-state index in [1.165, 1.54) is 15.3 Å². The number of thiophene rings is 1. The summed E-state index contributed by atoms with van der Waals surface area (Å²) < 4.78 is 5.11. The molecule has 1 aromatic carbocycles. The number of aryl methyl sites for hydroxylation is 2. The molecule has 0 bridgehead atoms. The van der Waals surface area contributed by atoms with Crippen molar-refractivity contribution in [1.82, 2.24) is 0 Å². The van der Waals surface area contributed by atoms with Crippen LogP contribution in [0.15, 0.2) is 30.3 Å². The van der Waals surface area contributed by atoms with Crippen molar-refractivity contribution in [2.45, 2.75) is 33.7 Å². The van der Waals surface area contributed by atoms with Gasteiger partial charge in [0.1, 0.15) is 0 Å². The van der Waals surface area contributed by atoms with Gasteiger partial charge in [0.05, 0.1) is 12.2 Å². The number of para-hydroxylation sites is 1. The van der Waals surface area contributed by atoms with Crippen LogP contribution in [0.2, 0.25) is 0 Å². The van der Waals surface area contributed by atoms with Gasteiger partial charge >= 0.3 is 5.97 Å². The van der Waals surface area contributed by atoms with Crippen molar-refractivity contribution in [2.24, 2.45) is 0 Å². The van der Waals surface area contributed by atoms with Gasteiger partial charge in [-0.15, -0.1) is 11.3 Å². The van der Waals surface area contributed by atoms with Gasteiger partial charge in [0.25, 0.3) is 0 Å². The fourth-order valence-electron chi connectivity index (χ4n) is 2.39. The maximum absolute atomic E-state index is 12.0. The largest absolute Gasteiger partial charge is 0.462 e. The van der Waals surface area contributed by atoms with Crippen molar-refractivity contribution >= 4 is 23.0 Å². The number of hydrogen-bond acceptors (Lipinski definition) is 4. The van der Waals surface area contributed by atoms with Crippen LogP contribution in [0.1, 0.15) is 45.6 Å². The highest BCUT2D eigenvalue weighted by Gasteiger charge is 2.16. The number of carbonyl (C=O) groups is 1. The summed E-state index contributed by atoms with van der Waals surface area (Å²) in [5.74, 6) is -0.286. The maximum atomic E-state index is 12.0. The van der Waals surface area contributed by atoms with Crippen molar-refractivity contribution in [1.29, 1.82) is 0 Å². The van der Waals surface area contributed by atoms with Crippen LogP contribution in [0.4, 0.5) is 5.69 Å². The van der Waals surface area contributed by atoms with Crippen molar-refractivity contribution in [3.05, 3.63) is 51.2 Å². The van der Waals surface area contributed by atoms with E-state index in [0.29, 0.717) is 12.2 Å². The standard InChI is InChI=1S/C17H21NO2S/c1-5-20-17(19)14-8-6-7-9-16(14)18-12(3)15-10-11(2)21-13(15)4/h6-10,12,18H,5H2,1-4H3. The molecule has 0 amide bonds. The maximum Gasteiger partial charge on any atom is 0.340 e. The zero-order valence-corrected chi connectivity index (χ0v) is 13.7. The highest BCUT2D eigenvalue weighted by atomic mass is 32.1. The summed E-state index contributed by atoms with van der Waals surface area (Å²) in [4.78, 5) is 14.6. The van der Waals surface area contributed by atoms with E-state index in [1.54, 1.807) is 17.4 Å². The SMILES string of the molecule is CCOC(=O)c1ccccc1NC(C)c1cc(C)sc1C. The van der Waals surface area contributed by atoms with E-state index >= 15 is 0 Å². The Morgan fingerprint density at radius 1 is 1.33 bits per heavy atom. The lowest BCUT2D eigenvalue weighted by Crippen LogP contribution is -2.12. The molecule has 0 saturated carbocycles. The summed E-state index contributed by atoms with van der Waals surface area (Å²) in [6, 6.07) is 9.82. The molecule has 1 unspecified atom stereocenters. The van der Waals surface area contributed by atoms with Gasteiger partial charge in [-0.05, 0) is 51.5 Å². The number of nitrogens with one attached hydrogen (secondary N) is 1. The molecule has 1 heterocycles. The number of carbonyl (C=O) groups excluding carboxylic acids is 1. The van der Waals surface area contributed by atoms with Crippen molar-refractivity contribution in [3.8, 4) is 0 Å². The van der Waals surface area contributed by atoms with Gasteiger partial charge in [-0.3, -0.25) is 0 Å². The molecular weight excluding hydrogens is 282 g/mol. The number of benzene rings is 1. The Labute approximate surface area is 130 Å². The van der Waals surface area contributed by atoms with Crippen LogP contribution in [-0.2, 0) is 4.74 Å². The first-order valence-electron chi connectivity index (χ1n) is 7.12. The monoisotopic (exact) mass is 303 g/mol. The number of anilines is 1. The van der Waals surface area contributed by atoms with E-state index in [1.807, 2.05) is 25.1 Å². The minimum absolute atomic E-state index is 0.144. The lowest BCUT2D eigenvalue weighted by atomic mass is 10.1. The molecule has 0 saturated heterocycles. The zero-order chi connectivity index (χ0) is 15.4. The lowest BCUT2D eigenvalue weighted by Gasteiger charge is -2.17. The van der Waals surface area contributed by atoms with Gasteiger partial charge in [0, 0.05) is 21.5 Å². The lowest BCUT2D eigenvalue weighted by molar-refractivity contribution is 0.0527. The van der Waals surface area contributed by atoms with Crippen LogP contribution < -0.4 is 5.32 Å². The smallest absolute Gasteiger partial charge is 0.340 e. The van der Waals surface area contributed by atoms with Crippen LogP contribution in [0, 0.1) is 13.8 Å². The van der Waals surface area contributed by atoms with Crippen LogP contribution >= 0.6 is 11.3 Å². The van der Waals surface area contributed by atoms with Gasteiger partial charge < -0.3 is 10.1 Å². The quantitative estimate of drug-likeness (QED) is 0.813. The van der Waals surface area contributed by atoms with Gasteiger partial charge in [0.15, 0.2) is 0 Å². The van der Waals surface area contributed by atoms with Crippen LogP contribution in [0.3, 0.4) is 0 Å². The molecule has 3 nitrogen and oxygen atoms in total. The van der Waals surface area contributed by atoms with E-state index in [2.05, 4.69) is 32.2 Å². The summed E-state index contributed by atoms with van der Waals surface area (Å²) in [5.41, 5.74) is 2.67. The minimum atomic E-state index is -0.286. The average Bonchev–Trinajstić information content (AvgIpc) is 2.78. The number of ether oxygens (including phenoxy) is 1. The fourth-order valence-corrected chi connectivity index (χ4v) is 3.41. The van der Waals surface area contributed by atoms with Crippen molar-refractivity contribution < 1.29 is 9.53 Å². The fraction of sp³-hybridized carbons (Fsp3) is 0.353. The molecule has 112 valence electrons. The van der Waals surface area contributed by atoms with E-state index in [0.717, 1.165) is 5.69 Å². The summed E-state index contributed by atoms with van der Waals surface area (Å²) in [5, 5.41) is 3.43. The Morgan fingerprint density at radius 2 is 2.05 bits per heavy atom. The van der Waals surface area contributed by atoms with E-state index < -0.39 is 0 Å². The van der Waals surface area contributed by atoms with E-state index in [-0.39, 0.29) is 12.0 Å². The highest BCUT2D eigenvalue weighted by molar-refractivity contribution is 7.12. The minimum Gasteiger partial charge on any atom is -0.462 e. The molecule has 1 aromatic heterocycles. The Kier molecular flexibility index (Phi) is 5.02. The van der Waals surface area contributed by atoms with Crippen LogP contribution in [0.5, 0.6) is 0 Å².